The Labute approximate surface area is 195 Å². The fraction of sp³-hybridized carbons (Fsp3) is 0.333. The molecule has 0 radical (unpaired) electrons. The van der Waals surface area contributed by atoms with Gasteiger partial charge in [0.15, 0.2) is 23.0 Å². The van der Waals surface area contributed by atoms with Crippen LogP contribution < -0.4 is 28.4 Å². The van der Waals surface area contributed by atoms with Crippen molar-refractivity contribution >= 4 is 0 Å². The van der Waals surface area contributed by atoms with Crippen LogP contribution >= 0.6 is 0 Å². The highest BCUT2D eigenvalue weighted by atomic mass is 16.7. The number of aryl methyl sites for hydroxylation is 4. The fourth-order valence-corrected chi connectivity index (χ4v) is 4.09. The van der Waals surface area contributed by atoms with E-state index < -0.39 is 0 Å². The molecule has 3 aromatic carbocycles. The van der Waals surface area contributed by atoms with Crippen molar-refractivity contribution in [3.05, 3.63) is 70.8 Å². The van der Waals surface area contributed by atoms with Crippen molar-refractivity contribution in [2.24, 2.45) is 0 Å². The second-order valence-corrected chi connectivity index (χ2v) is 7.91. The minimum Gasteiger partial charge on any atom is -0.497 e. The predicted octanol–water partition coefficient (Wildman–Crippen LogP) is 5.02. The first-order chi connectivity index (χ1) is 16.1. The van der Waals surface area contributed by atoms with Crippen LogP contribution in [-0.2, 0) is 25.7 Å². The number of hydrogen-bond donors (Lipinski definition) is 0. The van der Waals surface area contributed by atoms with Crippen LogP contribution in [0, 0.1) is 0 Å². The molecule has 174 valence electrons. The number of methoxy groups -OCH3 is 4. The maximum Gasteiger partial charge on any atom is 0.231 e. The van der Waals surface area contributed by atoms with Crippen LogP contribution in [0.25, 0.3) is 0 Å². The maximum absolute atomic E-state index is 5.57. The quantitative estimate of drug-likeness (QED) is 0.432. The van der Waals surface area contributed by atoms with Crippen molar-refractivity contribution in [1.29, 1.82) is 0 Å². The lowest BCUT2D eigenvalue weighted by Gasteiger charge is -2.14. The lowest BCUT2D eigenvalue weighted by molar-refractivity contribution is 0.174. The van der Waals surface area contributed by atoms with E-state index >= 15 is 0 Å². The lowest BCUT2D eigenvalue weighted by atomic mass is 9.98. The molecule has 0 fully saturated rings. The van der Waals surface area contributed by atoms with Crippen molar-refractivity contribution in [2.75, 3.05) is 35.2 Å². The summed E-state index contributed by atoms with van der Waals surface area (Å²) < 4.78 is 32.9. The van der Waals surface area contributed by atoms with Crippen molar-refractivity contribution in [3.63, 3.8) is 0 Å². The Hall–Kier alpha value is -3.54. The van der Waals surface area contributed by atoms with Crippen LogP contribution in [0.4, 0.5) is 0 Å². The largest absolute Gasteiger partial charge is 0.497 e. The van der Waals surface area contributed by atoms with Gasteiger partial charge in [0, 0.05) is 0 Å². The first kappa shape index (κ1) is 22.6. The molecule has 1 aliphatic rings. The monoisotopic (exact) mass is 450 g/mol. The molecule has 6 heteroatoms. The molecular formula is C27H30O6. The van der Waals surface area contributed by atoms with E-state index in [1.807, 2.05) is 18.2 Å². The Morgan fingerprint density at radius 1 is 0.576 bits per heavy atom. The predicted molar refractivity (Wildman–Crippen MR) is 126 cm³/mol. The number of benzene rings is 3. The average Bonchev–Trinajstić information content (AvgIpc) is 3.33. The molecule has 1 heterocycles. The molecule has 0 bridgehead atoms. The van der Waals surface area contributed by atoms with Crippen LogP contribution in [0.15, 0.2) is 48.5 Å². The molecular weight excluding hydrogens is 420 g/mol. The van der Waals surface area contributed by atoms with Crippen molar-refractivity contribution in [3.8, 4) is 34.5 Å². The first-order valence-corrected chi connectivity index (χ1v) is 11.0. The third-order valence-electron chi connectivity index (χ3n) is 5.83. The molecule has 33 heavy (non-hydrogen) atoms. The molecule has 1 aliphatic heterocycles. The van der Waals surface area contributed by atoms with E-state index in [1.54, 1.807) is 28.4 Å². The summed E-state index contributed by atoms with van der Waals surface area (Å²) in [5.41, 5.74) is 4.81. The minimum atomic E-state index is 0.296. The van der Waals surface area contributed by atoms with Gasteiger partial charge in [-0.25, -0.2) is 0 Å². The zero-order valence-electron chi connectivity index (χ0n) is 19.6. The summed E-state index contributed by atoms with van der Waals surface area (Å²) in [5, 5.41) is 0. The summed E-state index contributed by atoms with van der Waals surface area (Å²) in [6, 6.07) is 16.6. The van der Waals surface area contributed by atoms with Gasteiger partial charge < -0.3 is 28.4 Å². The van der Waals surface area contributed by atoms with E-state index in [0.717, 1.165) is 48.5 Å². The van der Waals surface area contributed by atoms with Crippen molar-refractivity contribution in [1.82, 2.24) is 0 Å². The third-order valence-corrected chi connectivity index (χ3v) is 5.83. The molecule has 0 spiro atoms. The van der Waals surface area contributed by atoms with Crippen molar-refractivity contribution in [2.45, 2.75) is 25.7 Å². The van der Waals surface area contributed by atoms with Gasteiger partial charge in [0.05, 0.1) is 28.4 Å². The van der Waals surface area contributed by atoms with Crippen LogP contribution in [0.1, 0.15) is 22.3 Å². The minimum absolute atomic E-state index is 0.296. The smallest absolute Gasteiger partial charge is 0.231 e. The second kappa shape index (κ2) is 10.4. The molecule has 0 atom stereocenters. The van der Waals surface area contributed by atoms with Gasteiger partial charge in [0.25, 0.3) is 0 Å². The Balaban J connectivity index is 1.47. The summed E-state index contributed by atoms with van der Waals surface area (Å²) in [6.07, 6.45) is 3.53. The zero-order valence-corrected chi connectivity index (χ0v) is 19.6. The Bertz CT molecular complexity index is 1080. The first-order valence-electron chi connectivity index (χ1n) is 11.0. The molecule has 0 saturated carbocycles. The molecule has 0 amide bonds. The molecule has 0 saturated heterocycles. The molecule has 0 unspecified atom stereocenters. The van der Waals surface area contributed by atoms with Gasteiger partial charge in [-0.15, -0.1) is 0 Å². The summed E-state index contributed by atoms with van der Waals surface area (Å²) in [6.45, 7) is 0.296. The zero-order chi connectivity index (χ0) is 23.2. The van der Waals surface area contributed by atoms with Gasteiger partial charge in [-0.3, -0.25) is 0 Å². The SMILES string of the molecule is COc1cc(CCc2ccc3c(c2)OCO3)cc(CCc2cc(OC)c(OC)c(OC)c2)c1. The van der Waals surface area contributed by atoms with E-state index in [9.17, 15) is 0 Å². The molecule has 0 aromatic heterocycles. The molecule has 6 nitrogen and oxygen atoms in total. The van der Waals surface area contributed by atoms with E-state index in [4.69, 9.17) is 28.4 Å². The van der Waals surface area contributed by atoms with E-state index in [-0.39, 0.29) is 0 Å². The van der Waals surface area contributed by atoms with Crippen molar-refractivity contribution < 1.29 is 28.4 Å². The lowest BCUT2D eigenvalue weighted by Crippen LogP contribution is -2.00. The van der Waals surface area contributed by atoms with Gasteiger partial charge in [-0.05, 0) is 84.3 Å². The summed E-state index contributed by atoms with van der Waals surface area (Å²) in [7, 11) is 6.59. The van der Waals surface area contributed by atoms with Crippen LogP contribution in [0.2, 0.25) is 0 Å². The van der Waals surface area contributed by atoms with Gasteiger partial charge in [-0.1, -0.05) is 12.1 Å². The van der Waals surface area contributed by atoms with Gasteiger partial charge in [-0.2, -0.15) is 0 Å². The van der Waals surface area contributed by atoms with Gasteiger partial charge in [0.2, 0.25) is 12.5 Å². The summed E-state index contributed by atoms with van der Waals surface area (Å²) >= 11 is 0. The maximum atomic E-state index is 5.57. The number of hydrogen-bond acceptors (Lipinski definition) is 6. The highest BCUT2D eigenvalue weighted by molar-refractivity contribution is 5.54. The van der Waals surface area contributed by atoms with E-state index in [2.05, 4.69) is 30.3 Å². The summed E-state index contributed by atoms with van der Waals surface area (Å²) in [5.74, 6) is 4.45. The third kappa shape index (κ3) is 5.28. The molecule has 4 rings (SSSR count). The number of ether oxygens (including phenoxy) is 6. The highest BCUT2D eigenvalue weighted by Crippen LogP contribution is 2.38. The summed E-state index contributed by atoms with van der Waals surface area (Å²) in [4.78, 5) is 0. The molecule has 3 aromatic rings. The topological polar surface area (TPSA) is 55.4 Å². The van der Waals surface area contributed by atoms with Crippen LogP contribution in [0.3, 0.4) is 0 Å². The fourth-order valence-electron chi connectivity index (χ4n) is 4.09. The standard InChI is InChI=1S/C27H30O6/c1-28-22-12-19(6-5-18-9-10-23-24(14-18)33-17-32-23)11-20(13-22)7-8-21-15-25(29-2)27(31-4)26(16-21)30-3/h9-16H,5-8,17H2,1-4H3. The Kier molecular flexibility index (Phi) is 7.13. The van der Waals surface area contributed by atoms with E-state index in [0.29, 0.717) is 24.0 Å². The number of fused-ring (bicyclic) bond motifs is 1. The van der Waals surface area contributed by atoms with E-state index in [1.165, 1.54) is 16.7 Å². The van der Waals surface area contributed by atoms with Crippen LogP contribution in [0.5, 0.6) is 34.5 Å². The van der Waals surface area contributed by atoms with Gasteiger partial charge >= 0.3 is 0 Å². The second-order valence-electron chi connectivity index (χ2n) is 7.91. The highest BCUT2D eigenvalue weighted by Gasteiger charge is 2.15. The van der Waals surface area contributed by atoms with Crippen LogP contribution in [-0.4, -0.2) is 35.2 Å². The number of rotatable bonds is 10. The average molecular weight is 451 g/mol. The normalized spacial score (nSPS) is 11.9. The van der Waals surface area contributed by atoms with Gasteiger partial charge in [0.1, 0.15) is 5.75 Å². The Morgan fingerprint density at radius 2 is 1.15 bits per heavy atom. The molecule has 0 N–H and O–H groups in total. The Morgan fingerprint density at radius 3 is 1.73 bits per heavy atom. The molecule has 0 aliphatic carbocycles.